The molecule has 2 atom stereocenters. The van der Waals surface area contributed by atoms with Crippen molar-refractivity contribution < 1.29 is 0 Å². The van der Waals surface area contributed by atoms with Gasteiger partial charge in [-0.25, -0.2) is 0 Å². The Labute approximate surface area is 124 Å². The molecular formula is C18H30N2. The molecule has 0 radical (unpaired) electrons. The Hall–Kier alpha value is -1.28. The van der Waals surface area contributed by atoms with Gasteiger partial charge in [0.1, 0.15) is 0 Å². The molecule has 1 aromatic carbocycles. The Bertz CT molecular complexity index is 387. The lowest BCUT2D eigenvalue weighted by Gasteiger charge is -2.20. The van der Waals surface area contributed by atoms with Gasteiger partial charge in [0.05, 0.1) is 0 Å². The molecule has 2 nitrogen and oxygen atoms in total. The van der Waals surface area contributed by atoms with Crippen LogP contribution in [0.2, 0.25) is 0 Å². The van der Waals surface area contributed by atoms with Gasteiger partial charge < -0.3 is 10.6 Å². The smallest absolute Gasteiger partial charge is 0.0143 e. The summed E-state index contributed by atoms with van der Waals surface area (Å²) in [6.45, 7) is 9.25. The zero-order valence-corrected chi connectivity index (χ0v) is 13.3. The van der Waals surface area contributed by atoms with E-state index >= 15 is 0 Å². The Morgan fingerprint density at radius 2 is 1.95 bits per heavy atom. The normalized spacial score (nSPS) is 13.8. The van der Waals surface area contributed by atoms with E-state index in [4.69, 9.17) is 0 Å². The van der Waals surface area contributed by atoms with Crippen molar-refractivity contribution in [2.45, 2.75) is 45.6 Å². The molecule has 0 aliphatic heterocycles. The first-order chi connectivity index (χ1) is 9.67. The highest BCUT2D eigenvalue weighted by Gasteiger charge is 2.11. The van der Waals surface area contributed by atoms with E-state index in [2.05, 4.69) is 62.4 Å². The molecule has 2 N–H and O–H groups in total. The van der Waals surface area contributed by atoms with Gasteiger partial charge in [-0.2, -0.15) is 0 Å². The minimum absolute atomic E-state index is 0.575. The molecule has 0 saturated heterocycles. The highest BCUT2D eigenvalue weighted by atomic mass is 14.9. The number of nitrogens with one attached hydrogen (secondary N) is 2. The first kappa shape index (κ1) is 16.8. The molecule has 0 bridgehead atoms. The molecule has 0 fully saturated rings. The maximum absolute atomic E-state index is 3.68. The van der Waals surface area contributed by atoms with Crippen LogP contribution in [0.5, 0.6) is 0 Å². The van der Waals surface area contributed by atoms with Crippen molar-refractivity contribution in [3.63, 3.8) is 0 Å². The summed E-state index contributed by atoms with van der Waals surface area (Å²) in [6.07, 6.45) is 6.63. The summed E-state index contributed by atoms with van der Waals surface area (Å²) in [6, 6.07) is 9.27. The SMILES string of the molecule is C=CNCCC(C)CCC(Cc1ccccc1C)NC. The third kappa shape index (κ3) is 6.25. The number of hydrogen-bond acceptors (Lipinski definition) is 2. The summed E-state index contributed by atoms with van der Waals surface area (Å²) in [4.78, 5) is 0. The van der Waals surface area contributed by atoms with Crippen molar-refractivity contribution >= 4 is 0 Å². The van der Waals surface area contributed by atoms with Crippen LogP contribution in [0.4, 0.5) is 0 Å². The molecule has 2 unspecified atom stereocenters. The molecule has 0 amide bonds. The topological polar surface area (TPSA) is 24.1 Å². The fourth-order valence-corrected chi connectivity index (χ4v) is 2.51. The van der Waals surface area contributed by atoms with Crippen molar-refractivity contribution in [1.82, 2.24) is 10.6 Å². The molecule has 2 heteroatoms. The van der Waals surface area contributed by atoms with Gasteiger partial charge in [-0.15, -0.1) is 0 Å². The number of likely N-dealkylation sites (N-methyl/N-ethyl adjacent to an activating group) is 1. The Kier molecular flexibility index (Phi) is 8.05. The van der Waals surface area contributed by atoms with Crippen LogP contribution < -0.4 is 10.6 Å². The lowest BCUT2D eigenvalue weighted by Crippen LogP contribution is -2.28. The summed E-state index contributed by atoms with van der Waals surface area (Å²) in [5.74, 6) is 0.759. The summed E-state index contributed by atoms with van der Waals surface area (Å²) in [5, 5.41) is 6.64. The molecule has 1 rings (SSSR count). The second kappa shape index (κ2) is 9.60. The maximum atomic E-state index is 3.68. The molecule has 1 aromatic rings. The van der Waals surface area contributed by atoms with Gasteiger partial charge in [0, 0.05) is 12.6 Å². The molecule has 0 saturated carbocycles. The second-order valence-electron chi connectivity index (χ2n) is 5.75. The maximum Gasteiger partial charge on any atom is 0.0143 e. The van der Waals surface area contributed by atoms with Gasteiger partial charge in [0.2, 0.25) is 0 Å². The first-order valence-corrected chi connectivity index (χ1v) is 7.73. The second-order valence-corrected chi connectivity index (χ2v) is 5.75. The lowest BCUT2D eigenvalue weighted by molar-refractivity contribution is 0.413. The van der Waals surface area contributed by atoms with E-state index in [1.54, 1.807) is 6.20 Å². The van der Waals surface area contributed by atoms with Crippen molar-refractivity contribution in [1.29, 1.82) is 0 Å². The van der Waals surface area contributed by atoms with Crippen molar-refractivity contribution in [2.75, 3.05) is 13.6 Å². The van der Waals surface area contributed by atoms with Crippen molar-refractivity contribution in [2.24, 2.45) is 5.92 Å². The predicted octanol–water partition coefficient (Wildman–Crippen LogP) is 3.67. The molecule has 0 aromatic heterocycles. The van der Waals surface area contributed by atoms with E-state index < -0.39 is 0 Å². The summed E-state index contributed by atoms with van der Waals surface area (Å²) in [7, 11) is 2.08. The average Bonchev–Trinajstić information content (AvgIpc) is 2.45. The molecule has 0 spiro atoms. The van der Waals surface area contributed by atoms with Crippen molar-refractivity contribution in [3.8, 4) is 0 Å². The Balaban J connectivity index is 2.36. The van der Waals surface area contributed by atoms with E-state index in [0.29, 0.717) is 6.04 Å². The van der Waals surface area contributed by atoms with E-state index in [1.807, 2.05) is 0 Å². The van der Waals surface area contributed by atoms with Gasteiger partial charge in [-0.3, -0.25) is 0 Å². The molecule has 0 aliphatic carbocycles. The van der Waals surface area contributed by atoms with Crippen LogP contribution >= 0.6 is 0 Å². The van der Waals surface area contributed by atoms with Crippen LogP contribution in [0, 0.1) is 12.8 Å². The van der Waals surface area contributed by atoms with Crippen LogP contribution in [0.1, 0.15) is 37.3 Å². The highest BCUT2D eigenvalue weighted by Crippen LogP contribution is 2.16. The Morgan fingerprint density at radius 3 is 2.60 bits per heavy atom. The zero-order valence-electron chi connectivity index (χ0n) is 13.3. The van der Waals surface area contributed by atoms with Crippen LogP contribution in [0.15, 0.2) is 37.0 Å². The van der Waals surface area contributed by atoms with E-state index in [0.717, 1.165) is 18.9 Å². The van der Waals surface area contributed by atoms with Gasteiger partial charge in [0.25, 0.3) is 0 Å². The first-order valence-electron chi connectivity index (χ1n) is 7.73. The van der Waals surface area contributed by atoms with Gasteiger partial charge in [-0.1, -0.05) is 37.8 Å². The van der Waals surface area contributed by atoms with E-state index in [9.17, 15) is 0 Å². The largest absolute Gasteiger partial charge is 0.391 e. The minimum atomic E-state index is 0.575. The average molecular weight is 274 g/mol. The standard InChI is InChI=1S/C18H30N2/c1-5-20-13-12-15(2)10-11-18(19-4)14-17-9-7-6-8-16(17)3/h5-9,15,18-20H,1,10-14H2,2-4H3. The third-order valence-electron chi connectivity index (χ3n) is 4.07. The number of aryl methyl sites for hydroxylation is 1. The van der Waals surface area contributed by atoms with Gasteiger partial charge >= 0.3 is 0 Å². The Morgan fingerprint density at radius 1 is 1.20 bits per heavy atom. The minimum Gasteiger partial charge on any atom is -0.391 e. The molecule has 20 heavy (non-hydrogen) atoms. The van der Waals surface area contributed by atoms with Crippen LogP contribution in [-0.2, 0) is 6.42 Å². The summed E-state index contributed by atoms with van der Waals surface area (Å²) < 4.78 is 0. The molecule has 0 aliphatic rings. The van der Waals surface area contributed by atoms with E-state index in [1.165, 1.54) is 30.4 Å². The highest BCUT2D eigenvalue weighted by molar-refractivity contribution is 5.26. The lowest BCUT2D eigenvalue weighted by atomic mass is 9.94. The number of hydrogen-bond donors (Lipinski definition) is 2. The fourth-order valence-electron chi connectivity index (χ4n) is 2.51. The van der Waals surface area contributed by atoms with Gasteiger partial charge in [-0.05, 0) is 62.9 Å². The predicted molar refractivity (Wildman–Crippen MR) is 88.9 cm³/mol. The molecule has 0 heterocycles. The summed E-state index contributed by atoms with van der Waals surface area (Å²) in [5.41, 5.74) is 2.86. The van der Waals surface area contributed by atoms with Crippen LogP contribution in [-0.4, -0.2) is 19.6 Å². The molecule has 112 valence electrons. The quantitative estimate of drug-likeness (QED) is 0.636. The monoisotopic (exact) mass is 274 g/mol. The number of benzene rings is 1. The van der Waals surface area contributed by atoms with Crippen LogP contribution in [0.25, 0.3) is 0 Å². The fraction of sp³-hybridized carbons (Fsp3) is 0.556. The summed E-state index contributed by atoms with van der Waals surface area (Å²) >= 11 is 0. The van der Waals surface area contributed by atoms with Crippen LogP contribution in [0.3, 0.4) is 0 Å². The van der Waals surface area contributed by atoms with Gasteiger partial charge in [0.15, 0.2) is 0 Å². The zero-order chi connectivity index (χ0) is 14.8. The number of rotatable bonds is 10. The van der Waals surface area contributed by atoms with E-state index in [-0.39, 0.29) is 0 Å². The van der Waals surface area contributed by atoms with Crippen molar-refractivity contribution in [3.05, 3.63) is 48.2 Å². The molecular weight excluding hydrogens is 244 g/mol. The third-order valence-corrected chi connectivity index (χ3v) is 4.07.